The Balaban J connectivity index is 1.83. The van der Waals surface area contributed by atoms with Crippen LogP contribution in [0.3, 0.4) is 0 Å². The van der Waals surface area contributed by atoms with E-state index in [1.807, 2.05) is 41.9 Å². The molecule has 25 heavy (non-hydrogen) atoms. The number of benzene rings is 1. The van der Waals surface area contributed by atoms with E-state index >= 15 is 0 Å². The quantitative estimate of drug-likeness (QED) is 0.730. The SMILES string of the molecule is CO[C@@H]1C[C@@H](c2nncn2C)N(c2cc(C#N)c3ccccc3n2)C1. The molecule has 1 fully saturated rings. The van der Waals surface area contributed by atoms with Crippen molar-refractivity contribution in [1.29, 1.82) is 5.26 Å². The van der Waals surface area contributed by atoms with Gasteiger partial charge < -0.3 is 14.2 Å². The molecule has 0 unspecified atom stereocenters. The molecule has 7 nitrogen and oxygen atoms in total. The van der Waals surface area contributed by atoms with Crippen molar-refractivity contribution in [2.75, 3.05) is 18.6 Å². The van der Waals surface area contributed by atoms with Gasteiger partial charge in [-0.2, -0.15) is 5.26 Å². The van der Waals surface area contributed by atoms with Crippen LogP contribution in [0, 0.1) is 11.3 Å². The van der Waals surface area contributed by atoms with E-state index in [1.165, 1.54) is 0 Å². The number of aryl methyl sites for hydroxylation is 1. The largest absolute Gasteiger partial charge is 0.380 e. The lowest BCUT2D eigenvalue weighted by molar-refractivity contribution is 0.118. The van der Waals surface area contributed by atoms with Crippen molar-refractivity contribution in [3.8, 4) is 6.07 Å². The predicted octanol–water partition coefficient (Wildman–Crippen LogP) is 2.20. The maximum atomic E-state index is 9.55. The second kappa shape index (κ2) is 6.15. The Bertz CT molecular complexity index is 960. The van der Waals surface area contributed by atoms with Crippen LogP contribution in [0.25, 0.3) is 10.9 Å². The molecule has 4 rings (SSSR count). The molecule has 0 bridgehead atoms. The van der Waals surface area contributed by atoms with Crippen molar-refractivity contribution >= 4 is 16.7 Å². The van der Waals surface area contributed by atoms with Gasteiger partial charge in [-0.05, 0) is 12.1 Å². The highest BCUT2D eigenvalue weighted by molar-refractivity contribution is 5.86. The molecule has 0 amide bonds. The first-order valence-corrected chi connectivity index (χ1v) is 8.14. The van der Waals surface area contributed by atoms with E-state index in [0.29, 0.717) is 12.1 Å². The summed E-state index contributed by atoms with van der Waals surface area (Å²) < 4.78 is 7.50. The van der Waals surface area contributed by atoms with Gasteiger partial charge in [0.2, 0.25) is 0 Å². The monoisotopic (exact) mass is 334 g/mol. The minimum Gasteiger partial charge on any atom is -0.380 e. The number of rotatable bonds is 3. The number of pyridine rings is 1. The summed E-state index contributed by atoms with van der Waals surface area (Å²) in [6, 6.07) is 11.9. The number of fused-ring (bicyclic) bond motifs is 1. The fourth-order valence-corrected chi connectivity index (χ4v) is 3.46. The maximum absolute atomic E-state index is 9.55. The molecule has 1 aromatic carbocycles. The molecule has 1 saturated heterocycles. The van der Waals surface area contributed by atoms with Gasteiger partial charge in [-0.3, -0.25) is 0 Å². The first-order valence-electron chi connectivity index (χ1n) is 8.14. The molecule has 0 saturated carbocycles. The summed E-state index contributed by atoms with van der Waals surface area (Å²) >= 11 is 0. The van der Waals surface area contributed by atoms with Crippen molar-refractivity contribution in [1.82, 2.24) is 19.7 Å². The second-order valence-corrected chi connectivity index (χ2v) is 6.22. The maximum Gasteiger partial charge on any atom is 0.155 e. The molecular formula is C18H18N6O. The topological polar surface area (TPSA) is 79.9 Å². The third-order valence-electron chi connectivity index (χ3n) is 4.76. The Labute approximate surface area is 145 Å². The van der Waals surface area contributed by atoms with Crippen LogP contribution in [-0.2, 0) is 11.8 Å². The summed E-state index contributed by atoms with van der Waals surface area (Å²) in [7, 11) is 3.65. The molecule has 0 N–H and O–H groups in total. The van der Waals surface area contributed by atoms with Gasteiger partial charge in [-0.25, -0.2) is 4.98 Å². The smallest absolute Gasteiger partial charge is 0.155 e. The minimum absolute atomic E-state index is 0.0117. The summed E-state index contributed by atoms with van der Waals surface area (Å²) in [5, 5.41) is 18.7. The fraction of sp³-hybridized carbons (Fsp3) is 0.333. The lowest BCUT2D eigenvalue weighted by Gasteiger charge is -2.25. The molecule has 1 aliphatic rings. The Kier molecular flexibility index (Phi) is 3.82. The summed E-state index contributed by atoms with van der Waals surface area (Å²) in [5.74, 6) is 1.64. The van der Waals surface area contributed by atoms with E-state index < -0.39 is 0 Å². The van der Waals surface area contributed by atoms with E-state index in [1.54, 1.807) is 13.4 Å². The number of nitrogens with zero attached hydrogens (tertiary/aromatic N) is 6. The molecule has 126 valence electrons. The van der Waals surface area contributed by atoms with E-state index in [-0.39, 0.29) is 12.1 Å². The molecule has 2 atom stereocenters. The predicted molar refractivity (Wildman–Crippen MR) is 93.0 cm³/mol. The standard InChI is InChI=1S/C18H18N6O/c1-23-11-20-22-18(23)16-8-13(25-2)10-24(16)17-7-12(9-19)14-5-3-4-6-15(14)21-17/h3-7,11,13,16H,8,10H2,1-2H3/t13-,16+/m1/s1. The van der Waals surface area contributed by atoms with Gasteiger partial charge in [-0.1, -0.05) is 18.2 Å². The molecule has 1 aliphatic heterocycles. The first kappa shape index (κ1) is 15.5. The Hall–Kier alpha value is -2.98. The van der Waals surface area contributed by atoms with Gasteiger partial charge in [0.25, 0.3) is 0 Å². The van der Waals surface area contributed by atoms with E-state index in [0.717, 1.165) is 29.0 Å². The van der Waals surface area contributed by atoms with Crippen molar-refractivity contribution in [3.63, 3.8) is 0 Å². The van der Waals surface area contributed by atoms with Crippen molar-refractivity contribution in [3.05, 3.63) is 48.0 Å². The summed E-state index contributed by atoms with van der Waals surface area (Å²) in [6.45, 7) is 0.699. The third kappa shape index (κ3) is 2.61. The number of para-hydroxylation sites is 1. The Morgan fingerprint density at radius 1 is 1.32 bits per heavy atom. The number of hydrogen-bond acceptors (Lipinski definition) is 6. The zero-order valence-electron chi connectivity index (χ0n) is 14.1. The van der Waals surface area contributed by atoms with Crippen LogP contribution in [0.15, 0.2) is 36.7 Å². The van der Waals surface area contributed by atoms with E-state index in [4.69, 9.17) is 9.72 Å². The summed E-state index contributed by atoms with van der Waals surface area (Å²) in [4.78, 5) is 6.94. The van der Waals surface area contributed by atoms with Crippen molar-refractivity contribution in [2.45, 2.75) is 18.6 Å². The molecule has 0 spiro atoms. The van der Waals surface area contributed by atoms with Crippen LogP contribution in [0.2, 0.25) is 0 Å². The zero-order chi connectivity index (χ0) is 17.4. The Morgan fingerprint density at radius 3 is 2.88 bits per heavy atom. The summed E-state index contributed by atoms with van der Waals surface area (Å²) in [5.41, 5.74) is 1.44. The van der Waals surface area contributed by atoms with E-state index in [9.17, 15) is 5.26 Å². The van der Waals surface area contributed by atoms with Gasteiger partial charge in [-0.15, -0.1) is 10.2 Å². The third-order valence-corrected chi connectivity index (χ3v) is 4.76. The number of aromatic nitrogens is 4. The van der Waals surface area contributed by atoms with E-state index in [2.05, 4.69) is 21.2 Å². The highest BCUT2D eigenvalue weighted by Crippen LogP contribution is 2.36. The van der Waals surface area contributed by atoms with Gasteiger partial charge in [0, 0.05) is 32.5 Å². The molecule has 3 aromatic rings. The highest BCUT2D eigenvalue weighted by atomic mass is 16.5. The molecule has 3 heterocycles. The average molecular weight is 334 g/mol. The van der Waals surface area contributed by atoms with Gasteiger partial charge in [0.1, 0.15) is 12.1 Å². The van der Waals surface area contributed by atoms with Crippen LogP contribution >= 0.6 is 0 Å². The normalized spacial score (nSPS) is 20.1. The highest BCUT2D eigenvalue weighted by Gasteiger charge is 2.37. The fourth-order valence-electron chi connectivity index (χ4n) is 3.46. The van der Waals surface area contributed by atoms with Crippen molar-refractivity contribution in [2.24, 2.45) is 7.05 Å². The van der Waals surface area contributed by atoms with Crippen LogP contribution in [0.5, 0.6) is 0 Å². The molecule has 0 aliphatic carbocycles. The van der Waals surface area contributed by atoms with Crippen LogP contribution in [0.1, 0.15) is 23.9 Å². The average Bonchev–Trinajstić information content (AvgIpc) is 3.26. The van der Waals surface area contributed by atoms with Crippen LogP contribution in [-0.4, -0.2) is 39.5 Å². The van der Waals surface area contributed by atoms with Crippen LogP contribution in [0.4, 0.5) is 5.82 Å². The van der Waals surface area contributed by atoms with Crippen molar-refractivity contribution < 1.29 is 4.74 Å². The number of hydrogen-bond donors (Lipinski definition) is 0. The number of nitriles is 1. The van der Waals surface area contributed by atoms with Gasteiger partial charge in [0.15, 0.2) is 5.82 Å². The first-order chi connectivity index (χ1) is 12.2. The minimum atomic E-state index is 0.0117. The van der Waals surface area contributed by atoms with Gasteiger partial charge >= 0.3 is 0 Å². The number of ether oxygens (including phenoxy) is 1. The molecule has 2 aromatic heterocycles. The molecular weight excluding hydrogens is 316 g/mol. The summed E-state index contributed by atoms with van der Waals surface area (Å²) in [6.07, 6.45) is 2.59. The van der Waals surface area contributed by atoms with Gasteiger partial charge in [0.05, 0.1) is 29.3 Å². The Morgan fingerprint density at radius 2 is 2.16 bits per heavy atom. The zero-order valence-corrected chi connectivity index (χ0v) is 14.1. The molecule has 0 radical (unpaired) electrons. The molecule has 7 heteroatoms. The second-order valence-electron chi connectivity index (χ2n) is 6.22. The lowest BCUT2D eigenvalue weighted by atomic mass is 10.1. The van der Waals surface area contributed by atoms with Crippen LogP contribution < -0.4 is 4.90 Å². The lowest BCUT2D eigenvalue weighted by Crippen LogP contribution is -2.27. The number of methoxy groups -OCH3 is 1. The number of anilines is 1.